The van der Waals surface area contributed by atoms with Gasteiger partial charge in [-0.1, -0.05) is 12.1 Å². The van der Waals surface area contributed by atoms with Gasteiger partial charge in [0.15, 0.2) is 0 Å². The summed E-state index contributed by atoms with van der Waals surface area (Å²) in [5.74, 6) is 6.85. The number of benzene rings is 1. The van der Waals surface area contributed by atoms with Crippen molar-refractivity contribution in [1.29, 1.82) is 0 Å². The van der Waals surface area contributed by atoms with E-state index in [1.165, 1.54) is 0 Å². The van der Waals surface area contributed by atoms with Crippen LogP contribution in [0.25, 0.3) is 11.0 Å². The lowest BCUT2D eigenvalue weighted by Crippen LogP contribution is -2.36. The number of hydrazine groups is 1. The van der Waals surface area contributed by atoms with Crippen molar-refractivity contribution < 1.29 is 9.47 Å². The molecule has 136 valence electrons. The number of para-hydroxylation sites is 2. The molecular weight excluding hydrogens is 332 g/mol. The van der Waals surface area contributed by atoms with Gasteiger partial charge in [0.1, 0.15) is 12.4 Å². The zero-order valence-corrected chi connectivity index (χ0v) is 15.3. The number of hydrogen-bond acceptors (Lipinski definition) is 6. The normalized spacial score (nSPS) is 11.7. The first-order valence-corrected chi connectivity index (χ1v) is 8.13. The molecule has 0 atom stereocenters. The van der Waals surface area contributed by atoms with Crippen LogP contribution in [-0.4, -0.2) is 34.7 Å². The molecule has 3 rings (SSSR count). The van der Waals surface area contributed by atoms with Gasteiger partial charge in [-0.2, -0.15) is 4.98 Å². The molecule has 3 aromatic rings. The molecule has 8 nitrogen and oxygen atoms in total. The Balaban J connectivity index is 1.98. The molecule has 0 fully saturated rings. The van der Waals surface area contributed by atoms with Crippen LogP contribution in [0.5, 0.6) is 11.8 Å². The van der Waals surface area contributed by atoms with Gasteiger partial charge in [0.05, 0.1) is 23.8 Å². The molecular formula is C18H22N6O2. The van der Waals surface area contributed by atoms with Crippen LogP contribution in [0.2, 0.25) is 0 Å². The number of nitrogens with one attached hydrogen (secondary N) is 1. The van der Waals surface area contributed by atoms with E-state index in [4.69, 9.17) is 15.3 Å². The van der Waals surface area contributed by atoms with Gasteiger partial charge in [0.2, 0.25) is 5.96 Å². The van der Waals surface area contributed by atoms with Crippen molar-refractivity contribution in [2.75, 3.05) is 14.2 Å². The summed E-state index contributed by atoms with van der Waals surface area (Å²) in [7, 11) is 3.29. The Morgan fingerprint density at radius 2 is 2.08 bits per heavy atom. The van der Waals surface area contributed by atoms with Crippen molar-refractivity contribution in [3.8, 4) is 11.8 Å². The molecule has 3 N–H and O–H groups in total. The highest BCUT2D eigenvalue weighted by molar-refractivity contribution is 5.93. The monoisotopic (exact) mass is 354 g/mol. The van der Waals surface area contributed by atoms with Crippen LogP contribution in [0.4, 0.5) is 0 Å². The van der Waals surface area contributed by atoms with Gasteiger partial charge in [-0.15, -0.1) is 0 Å². The summed E-state index contributed by atoms with van der Waals surface area (Å²) in [4.78, 5) is 13.2. The molecule has 0 saturated carbocycles. The van der Waals surface area contributed by atoms with E-state index in [-0.39, 0.29) is 6.61 Å². The zero-order chi connectivity index (χ0) is 18.7. The number of aryl methyl sites for hydroxylation is 1. The average Bonchev–Trinajstić information content (AvgIpc) is 3.01. The van der Waals surface area contributed by atoms with E-state index >= 15 is 0 Å². The lowest BCUT2D eigenvalue weighted by atomic mass is 10.1. The first-order chi connectivity index (χ1) is 12.6. The van der Waals surface area contributed by atoms with Gasteiger partial charge >= 0.3 is 6.01 Å². The molecule has 26 heavy (non-hydrogen) atoms. The Labute approximate surface area is 151 Å². The van der Waals surface area contributed by atoms with Crippen LogP contribution < -0.4 is 20.7 Å². The lowest BCUT2D eigenvalue weighted by molar-refractivity contribution is 0.273. The number of hydrogen-bond donors (Lipinski definition) is 2. The molecule has 0 radical (unpaired) electrons. The van der Waals surface area contributed by atoms with Gasteiger partial charge in [-0.3, -0.25) is 15.4 Å². The van der Waals surface area contributed by atoms with Crippen LogP contribution >= 0.6 is 0 Å². The first kappa shape index (κ1) is 17.7. The number of rotatable bonds is 4. The Kier molecular flexibility index (Phi) is 5.04. The average molecular weight is 354 g/mol. The Bertz CT molecular complexity index is 964. The third-order valence-corrected chi connectivity index (χ3v) is 4.17. The molecule has 0 saturated heterocycles. The van der Waals surface area contributed by atoms with E-state index in [9.17, 15) is 0 Å². The Hall–Kier alpha value is -3.13. The highest BCUT2D eigenvalue weighted by atomic mass is 16.5. The Morgan fingerprint density at radius 1 is 1.31 bits per heavy atom. The number of pyridine rings is 1. The predicted octanol–water partition coefficient (Wildman–Crippen LogP) is 1.93. The molecule has 1 aromatic carbocycles. The van der Waals surface area contributed by atoms with Crippen molar-refractivity contribution in [3.05, 3.63) is 47.3 Å². The standard InChI is InChI=1S/C18H22N6O2/c1-11-9-21-14(12(2)16(11)25-4)10-26-18-22-13-7-5-6-8-15(13)24(18)17(20-3)23-19/h5-9H,10,19H2,1-4H3,(H,20,23). The van der Waals surface area contributed by atoms with Crippen LogP contribution in [0.3, 0.4) is 0 Å². The minimum absolute atomic E-state index is 0.243. The van der Waals surface area contributed by atoms with Crippen molar-refractivity contribution in [2.24, 2.45) is 10.8 Å². The summed E-state index contributed by atoms with van der Waals surface area (Å²) < 4.78 is 13.2. The quantitative estimate of drug-likeness (QED) is 0.321. The second kappa shape index (κ2) is 7.40. The summed E-state index contributed by atoms with van der Waals surface area (Å²) >= 11 is 0. The SMILES string of the molecule is CN=C(NN)n1c(OCc2ncc(C)c(OC)c2C)nc2ccccc21. The minimum atomic E-state index is 0.243. The molecule has 0 unspecified atom stereocenters. The third kappa shape index (κ3) is 3.06. The number of nitrogens with two attached hydrogens (primary N) is 1. The van der Waals surface area contributed by atoms with Gasteiger partial charge in [0.25, 0.3) is 0 Å². The molecule has 0 aliphatic rings. The fourth-order valence-electron chi connectivity index (χ4n) is 2.88. The molecule has 2 aromatic heterocycles. The van der Waals surface area contributed by atoms with Crippen LogP contribution in [0.1, 0.15) is 16.8 Å². The zero-order valence-electron chi connectivity index (χ0n) is 15.3. The summed E-state index contributed by atoms with van der Waals surface area (Å²) in [6.07, 6.45) is 1.77. The molecule has 0 spiro atoms. The highest BCUT2D eigenvalue weighted by Crippen LogP contribution is 2.26. The van der Waals surface area contributed by atoms with Crippen LogP contribution in [0, 0.1) is 13.8 Å². The van der Waals surface area contributed by atoms with E-state index < -0.39 is 0 Å². The smallest absolute Gasteiger partial charge is 0.304 e. The second-order valence-corrected chi connectivity index (χ2v) is 5.74. The fourth-order valence-corrected chi connectivity index (χ4v) is 2.88. The van der Waals surface area contributed by atoms with Gasteiger partial charge < -0.3 is 9.47 Å². The summed E-state index contributed by atoms with van der Waals surface area (Å²) in [6.45, 7) is 4.16. The molecule has 0 aliphatic carbocycles. The maximum Gasteiger partial charge on any atom is 0.304 e. The second-order valence-electron chi connectivity index (χ2n) is 5.74. The third-order valence-electron chi connectivity index (χ3n) is 4.17. The minimum Gasteiger partial charge on any atom is -0.496 e. The van der Waals surface area contributed by atoms with Crippen molar-refractivity contribution in [3.63, 3.8) is 0 Å². The predicted molar refractivity (Wildman–Crippen MR) is 100 cm³/mol. The molecule has 0 amide bonds. The maximum absolute atomic E-state index is 5.97. The van der Waals surface area contributed by atoms with Crippen LogP contribution in [0.15, 0.2) is 35.5 Å². The van der Waals surface area contributed by atoms with Crippen LogP contribution in [-0.2, 0) is 6.61 Å². The maximum atomic E-state index is 5.97. The summed E-state index contributed by atoms with van der Waals surface area (Å²) in [6, 6.07) is 8.05. The van der Waals surface area contributed by atoms with E-state index in [1.807, 2.05) is 38.1 Å². The van der Waals surface area contributed by atoms with Gasteiger partial charge in [0, 0.05) is 24.4 Å². The van der Waals surface area contributed by atoms with Crippen molar-refractivity contribution in [2.45, 2.75) is 20.5 Å². The topological polar surface area (TPSA) is 99.6 Å². The highest BCUT2D eigenvalue weighted by Gasteiger charge is 2.17. The first-order valence-electron chi connectivity index (χ1n) is 8.13. The van der Waals surface area contributed by atoms with E-state index in [1.54, 1.807) is 24.9 Å². The number of fused-ring (bicyclic) bond motifs is 1. The number of methoxy groups -OCH3 is 1. The molecule has 8 heteroatoms. The lowest BCUT2D eigenvalue weighted by Gasteiger charge is -2.14. The summed E-state index contributed by atoms with van der Waals surface area (Å²) in [5, 5.41) is 0. The fraction of sp³-hybridized carbons (Fsp3) is 0.278. The van der Waals surface area contributed by atoms with E-state index in [2.05, 4.69) is 20.4 Å². The molecule has 2 heterocycles. The van der Waals surface area contributed by atoms with E-state index in [0.29, 0.717) is 12.0 Å². The van der Waals surface area contributed by atoms with Crippen molar-refractivity contribution >= 4 is 17.0 Å². The number of aliphatic imine (C=N–C) groups is 1. The van der Waals surface area contributed by atoms with Gasteiger partial charge in [-0.05, 0) is 26.0 Å². The largest absolute Gasteiger partial charge is 0.496 e. The van der Waals surface area contributed by atoms with E-state index in [0.717, 1.165) is 33.6 Å². The Morgan fingerprint density at radius 3 is 2.77 bits per heavy atom. The number of nitrogens with zero attached hydrogens (tertiary/aromatic N) is 4. The van der Waals surface area contributed by atoms with Gasteiger partial charge in [-0.25, -0.2) is 10.4 Å². The number of imidazole rings is 1. The molecule has 0 aliphatic heterocycles. The van der Waals surface area contributed by atoms with Crippen molar-refractivity contribution in [1.82, 2.24) is 20.0 Å². The number of aromatic nitrogens is 3. The molecule has 0 bridgehead atoms. The summed E-state index contributed by atoms with van der Waals surface area (Å²) in [5.41, 5.74) is 6.90. The number of ether oxygens (including phenoxy) is 2.